The predicted octanol–water partition coefficient (Wildman–Crippen LogP) is 4.76. The maximum Gasteiger partial charge on any atom is 0.411 e. The van der Waals surface area contributed by atoms with Gasteiger partial charge in [0, 0.05) is 43.2 Å². The summed E-state index contributed by atoms with van der Waals surface area (Å²) < 4.78 is 16.8. The number of morpholine rings is 1. The minimum Gasteiger partial charge on any atom is -0.493 e. The molecule has 1 unspecified atom stereocenters. The SMILES string of the molecule is COc1c(Cl)cccc1Nc1c(-c2ccncc2C#CC2COCCN2C(=O)OC(C)(C)C)[nH]c2c1C(=O)NCC2. The second-order valence-corrected chi connectivity index (χ2v) is 11.0. The number of aromatic nitrogens is 2. The molecule has 3 N–H and O–H groups in total. The zero-order chi connectivity index (χ0) is 29.1. The number of fused-ring (bicyclic) bond motifs is 1. The maximum atomic E-state index is 13.0. The molecule has 1 aromatic carbocycles. The van der Waals surface area contributed by atoms with Crippen molar-refractivity contribution in [3.8, 4) is 28.8 Å². The van der Waals surface area contributed by atoms with Crippen molar-refractivity contribution in [1.29, 1.82) is 0 Å². The van der Waals surface area contributed by atoms with Gasteiger partial charge in [0.15, 0.2) is 5.75 Å². The van der Waals surface area contributed by atoms with Crippen LogP contribution in [0.25, 0.3) is 11.3 Å². The van der Waals surface area contributed by atoms with Crippen LogP contribution in [0, 0.1) is 11.8 Å². The molecule has 0 bridgehead atoms. The van der Waals surface area contributed by atoms with Gasteiger partial charge in [-0.3, -0.25) is 14.7 Å². The highest BCUT2D eigenvalue weighted by Crippen LogP contribution is 2.41. The quantitative estimate of drug-likeness (QED) is 0.383. The lowest BCUT2D eigenvalue weighted by atomic mass is 10.0. The number of para-hydroxylation sites is 1. The summed E-state index contributed by atoms with van der Waals surface area (Å²) in [5.41, 5.74) is 3.89. The molecule has 5 rings (SSSR count). The number of carbonyl (C=O) groups excluding carboxylic acids is 2. The molecule has 0 saturated carbocycles. The summed E-state index contributed by atoms with van der Waals surface area (Å²) in [4.78, 5) is 35.2. The number of anilines is 2. The Morgan fingerprint density at radius 2 is 2.12 bits per heavy atom. The number of methoxy groups -OCH3 is 1. The van der Waals surface area contributed by atoms with Crippen LogP contribution in [0.15, 0.2) is 36.7 Å². The van der Waals surface area contributed by atoms with Crippen molar-refractivity contribution in [3.05, 3.63) is 58.5 Å². The van der Waals surface area contributed by atoms with E-state index in [0.717, 1.165) is 11.3 Å². The van der Waals surface area contributed by atoms with Crippen molar-refractivity contribution in [3.63, 3.8) is 0 Å². The maximum absolute atomic E-state index is 13.0. The summed E-state index contributed by atoms with van der Waals surface area (Å²) >= 11 is 6.38. The lowest BCUT2D eigenvalue weighted by Gasteiger charge is -2.34. The van der Waals surface area contributed by atoms with Gasteiger partial charge in [-0.2, -0.15) is 0 Å². The van der Waals surface area contributed by atoms with Crippen LogP contribution in [0.2, 0.25) is 5.02 Å². The van der Waals surface area contributed by atoms with Crippen molar-refractivity contribution in [2.24, 2.45) is 0 Å². The number of carbonyl (C=O) groups is 2. The Hall–Kier alpha value is -4.20. The second-order valence-electron chi connectivity index (χ2n) is 10.6. The fourth-order valence-corrected chi connectivity index (χ4v) is 5.04. The van der Waals surface area contributed by atoms with Crippen LogP contribution in [0.4, 0.5) is 16.2 Å². The van der Waals surface area contributed by atoms with Gasteiger partial charge in [0.25, 0.3) is 5.91 Å². The first kappa shape index (κ1) is 28.3. The molecule has 2 amide bonds. The average Bonchev–Trinajstić information content (AvgIpc) is 3.30. The summed E-state index contributed by atoms with van der Waals surface area (Å²) in [7, 11) is 1.54. The van der Waals surface area contributed by atoms with Crippen molar-refractivity contribution in [2.75, 3.05) is 38.7 Å². The molecule has 214 valence electrons. The minimum absolute atomic E-state index is 0.189. The van der Waals surface area contributed by atoms with Gasteiger partial charge in [-0.1, -0.05) is 29.5 Å². The molecule has 2 aliphatic rings. The molecule has 3 aromatic rings. The zero-order valence-electron chi connectivity index (χ0n) is 23.4. The third-order valence-corrected chi connectivity index (χ3v) is 6.91. The Labute approximate surface area is 243 Å². The van der Waals surface area contributed by atoms with Gasteiger partial charge in [-0.05, 0) is 39.0 Å². The molecular formula is C30H32ClN5O5. The highest BCUT2D eigenvalue weighted by Gasteiger charge is 2.31. The summed E-state index contributed by atoms with van der Waals surface area (Å²) in [5, 5.41) is 6.75. The minimum atomic E-state index is -0.627. The molecule has 1 atom stereocenters. The smallest absolute Gasteiger partial charge is 0.411 e. The number of pyridine rings is 1. The number of ether oxygens (including phenoxy) is 3. The summed E-state index contributed by atoms with van der Waals surface area (Å²) in [5.74, 6) is 6.67. The van der Waals surface area contributed by atoms with E-state index >= 15 is 0 Å². The molecule has 2 aliphatic heterocycles. The van der Waals surface area contributed by atoms with E-state index in [1.807, 2.05) is 32.9 Å². The summed E-state index contributed by atoms with van der Waals surface area (Å²) in [6.45, 7) is 7.06. The molecule has 0 radical (unpaired) electrons. The highest BCUT2D eigenvalue weighted by atomic mass is 35.5. The van der Waals surface area contributed by atoms with E-state index < -0.39 is 17.7 Å². The first-order valence-electron chi connectivity index (χ1n) is 13.3. The number of nitrogens with zero attached hydrogens (tertiary/aromatic N) is 2. The largest absolute Gasteiger partial charge is 0.493 e. The third kappa shape index (κ3) is 6.11. The fraction of sp³-hybridized carbons (Fsp3) is 0.367. The van der Waals surface area contributed by atoms with Crippen LogP contribution in [-0.4, -0.2) is 71.9 Å². The molecular weight excluding hydrogens is 546 g/mol. The van der Waals surface area contributed by atoms with Crippen molar-refractivity contribution >= 4 is 35.0 Å². The fourth-order valence-electron chi connectivity index (χ4n) is 4.79. The molecule has 1 fully saturated rings. The van der Waals surface area contributed by atoms with Crippen LogP contribution >= 0.6 is 11.6 Å². The van der Waals surface area contributed by atoms with Gasteiger partial charge in [0.1, 0.15) is 11.6 Å². The van der Waals surface area contributed by atoms with Crippen LogP contribution in [0.1, 0.15) is 42.4 Å². The van der Waals surface area contributed by atoms with E-state index in [0.29, 0.717) is 65.1 Å². The number of benzene rings is 1. The number of aromatic amines is 1. The molecule has 1 saturated heterocycles. The molecule has 2 aromatic heterocycles. The average molecular weight is 578 g/mol. The molecule has 4 heterocycles. The van der Waals surface area contributed by atoms with Gasteiger partial charge in [0.05, 0.1) is 53.5 Å². The Kier molecular flexibility index (Phi) is 8.10. The third-order valence-electron chi connectivity index (χ3n) is 6.62. The van der Waals surface area contributed by atoms with Crippen molar-refractivity contribution in [1.82, 2.24) is 20.2 Å². The van der Waals surface area contributed by atoms with Gasteiger partial charge >= 0.3 is 6.09 Å². The van der Waals surface area contributed by atoms with Gasteiger partial charge in [0.2, 0.25) is 0 Å². The Balaban J connectivity index is 1.56. The number of amides is 2. The molecule has 11 heteroatoms. The Bertz CT molecular complexity index is 1530. The van der Waals surface area contributed by atoms with E-state index in [9.17, 15) is 9.59 Å². The lowest BCUT2D eigenvalue weighted by Crippen LogP contribution is -2.49. The predicted molar refractivity (Wildman–Crippen MR) is 156 cm³/mol. The van der Waals surface area contributed by atoms with E-state index in [4.69, 9.17) is 25.8 Å². The first-order valence-corrected chi connectivity index (χ1v) is 13.7. The number of hydrogen-bond donors (Lipinski definition) is 3. The standard InChI is InChI=1S/C30H32ClN5O5/c1-30(2,3)41-29(38)36-14-15-40-17-19(36)9-8-18-16-32-12-10-20(18)25-26(24-22(34-25)11-13-33-28(24)37)35-23-7-5-6-21(31)27(23)39-4/h5-7,10,12,16,19,34-35H,11,13-15,17H2,1-4H3,(H,33,37). The topological polar surface area (TPSA) is 118 Å². The molecule has 41 heavy (non-hydrogen) atoms. The summed E-state index contributed by atoms with van der Waals surface area (Å²) in [6, 6.07) is 6.71. The van der Waals surface area contributed by atoms with Crippen molar-refractivity contribution < 1.29 is 23.8 Å². The van der Waals surface area contributed by atoms with E-state index in [-0.39, 0.29) is 12.5 Å². The number of halogens is 1. The van der Waals surface area contributed by atoms with Gasteiger partial charge in [-0.25, -0.2) is 4.79 Å². The normalized spacial score (nSPS) is 16.7. The highest BCUT2D eigenvalue weighted by molar-refractivity contribution is 6.32. The Morgan fingerprint density at radius 3 is 2.90 bits per heavy atom. The van der Waals surface area contributed by atoms with Crippen LogP contribution in [-0.2, 0) is 15.9 Å². The summed E-state index contributed by atoms with van der Waals surface area (Å²) in [6.07, 6.45) is 3.53. The van der Waals surface area contributed by atoms with Crippen LogP contribution in [0.5, 0.6) is 5.75 Å². The van der Waals surface area contributed by atoms with E-state index in [1.165, 1.54) is 0 Å². The van der Waals surface area contributed by atoms with Crippen molar-refractivity contribution in [2.45, 2.75) is 38.8 Å². The van der Waals surface area contributed by atoms with E-state index in [1.54, 1.807) is 36.5 Å². The van der Waals surface area contributed by atoms with E-state index in [2.05, 4.69) is 32.4 Å². The number of rotatable bonds is 4. The van der Waals surface area contributed by atoms with Crippen LogP contribution in [0.3, 0.4) is 0 Å². The Morgan fingerprint density at radius 1 is 1.29 bits per heavy atom. The lowest BCUT2D eigenvalue weighted by molar-refractivity contribution is -0.0198. The second kappa shape index (κ2) is 11.7. The monoisotopic (exact) mass is 577 g/mol. The van der Waals surface area contributed by atoms with Crippen LogP contribution < -0.4 is 15.4 Å². The molecule has 0 spiro atoms. The van der Waals surface area contributed by atoms with Gasteiger partial charge < -0.3 is 29.8 Å². The zero-order valence-corrected chi connectivity index (χ0v) is 24.1. The molecule has 10 nitrogen and oxygen atoms in total. The molecule has 0 aliphatic carbocycles. The first-order chi connectivity index (χ1) is 19.7. The number of hydrogen-bond acceptors (Lipinski definition) is 7. The van der Waals surface area contributed by atoms with Gasteiger partial charge in [-0.15, -0.1) is 0 Å². The number of nitrogens with one attached hydrogen (secondary N) is 3. The number of H-pyrrole nitrogens is 1.